The number of carbonyl (C=O) groups is 1. The number of benzene rings is 1. The minimum absolute atomic E-state index is 0.00683. The fourth-order valence-corrected chi connectivity index (χ4v) is 2.72. The summed E-state index contributed by atoms with van der Waals surface area (Å²) in [5.74, 6) is 0. The molecular formula is C17H25ClN2O3. The zero-order valence-corrected chi connectivity index (χ0v) is 14.7. The lowest BCUT2D eigenvalue weighted by Gasteiger charge is -2.41. The van der Waals surface area contributed by atoms with Gasteiger partial charge in [-0.05, 0) is 38.5 Å². The van der Waals surface area contributed by atoms with Gasteiger partial charge in [0.25, 0.3) is 0 Å². The number of amides is 1. The summed E-state index contributed by atoms with van der Waals surface area (Å²) in [6, 6.07) is 7.60. The number of ether oxygens (including phenoxy) is 1. The molecule has 1 aromatic carbocycles. The first-order valence-corrected chi connectivity index (χ1v) is 8.23. The van der Waals surface area contributed by atoms with Crippen LogP contribution in [-0.2, 0) is 11.3 Å². The third kappa shape index (κ3) is 5.37. The molecule has 0 bridgehead atoms. The second-order valence-electron chi connectivity index (χ2n) is 6.86. The van der Waals surface area contributed by atoms with Crippen molar-refractivity contribution in [2.24, 2.45) is 0 Å². The van der Waals surface area contributed by atoms with Crippen LogP contribution in [0.1, 0.15) is 26.3 Å². The van der Waals surface area contributed by atoms with Gasteiger partial charge in [-0.1, -0.05) is 23.7 Å². The molecule has 1 amide bonds. The highest BCUT2D eigenvalue weighted by Crippen LogP contribution is 2.18. The molecule has 0 aliphatic carbocycles. The first kappa shape index (κ1) is 18.0. The van der Waals surface area contributed by atoms with E-state index in [4.69, 9.17) is 16.3 Å². The Kier molecular flexibility index (Phi) is 5.89. The van der Waals surface area contributed by atoms with Crippen molar-refractivity contribution in [3.8, 4) is 0 Å². The van der Waals surface area contributed by atoms with Crippen LogP contribution >= 0.6 is 11.6 Å². The lowest BCUT2D eigenvalue weighted by Crippen LogP contribution is -2.56. The van der Waals surface area contributed by atoms with Crippen molar-refractivity contribution in [2.45, 2.75) is 39.0 Å². The Morgan fingerprint density at radius 2 is 1.96 bits per heavy atom. The number of piperazine rings is 1. The van der Waals surface area contributed by atoms with Gasteiger partial charge in [-0.25, -0.2) is 4.79 Å². The lowest BCUT2D eigenvalue weighted by atomic mass is 10.1. The van der Waals surface area contributed by atoms with E-state index in [0.717, 1.165) is 12.1 Å². The van der Waals surface area contributed by atoms with E-state index in [1.165, 1.54) is 0 Å². The zero-order valence-electron chi connectivity index (χ0n) is 14.0. The Hall–Kier alpha value is -1.30. The first-order valence-electron chi connectivity index (χ1n) is 7.86. The second-order valence-corrected chi connectivity index (χ2v) is 7.30. The Balaban J connectivity index is 1.96. The molecule has 1 aliphatic rings. The third-order valence-corrected chi connectivity index (χ3v) is 4.02. The van der Waals surface area contributed by atoms with Gasteiger partial charge < -0.3 is 14.7 Å². The standard InChI is InChI=1S/C17H25ClN2O3/c1-17(2,3)23-16(22)20-9-8-19(15(11-20)12-21)10-13-4-6-14(18)7-5-13/h4-7,15,21H,8-12H2,1-3H3/t15-/m1/s1. The van der Waals surface area contributed by atoms with Gasteiger partial charge in [0.05, 0.1) is 12.6 Å². The van der Waals surface area contributed by atoms with Crippen LogP contribution in [0.2, 0.25) is 5.02 Å². The quantitative estimate of drug-likeness (QED) is 0.919. The van der Waals surface area contributed by atoms with E-state index in [1.807, 2.05) is 45.0 Å². The van der Waals surface area contributed by atoms with Crippen molar-refractivity contribution in [1.82, 2.24) is 9.80 Å². The van der Waals surface area contributed by atoms with Crippen molar-refractivity contribution in [3.63, 3.8) is 0 Å². The molecule has 1 aromatic rings. The molecule has 1 N–H and O–H groups in total. The van der Waals surface area contributed by atoms with Crippen molar-refractivity contribution in [1.29, 1.82) is 0 Å². The number of hydrogen-bond acceptors (Lipinski definition) is 4. The lowest BCUT2D eigenvalue weighted by molar-refractivity contribution is -0.00610. The maximum Gasteiger partial charge on any atom is 0.410 e. The van der Waals surface area contributed by atoms with Crippen molar-refractivity contribution >= 4 is 17.7 Å². The number of rotatable bonds is 3. The topological polar surface area (TPSA) is 53.0 Å². The minimum Gasteiger partial charge on any atom is -0.444 e. The molecular weight excluding hydrogens is 316 g/mol. The molecule has 5 nitrogen and oxygen atoms in total. The Morgan fingerprint density at radius 3 is 2.52 bits per heavy atom. The van der Waals surface area contributed by atoms with Crippen LogP contribution < -0.4 is 0 Å². The normalized spacial score (nSPS) is 19.7. The molecule has 1 fully saturated rings. The molecule has 23 heavy (non-hydrogen) atoms. The molecule has 1 aliphatic heterocycles. The van der Waals surface area contributed by atoms with Crippen molar-refractivity contribution in [3.05, 3.63) is 34.9 Å². The molecule has 0 unspecified atom stereocenters. The smallest absolute Gasteiger partial charge is 0.410 e. The van der Waals surface area contributed by atoms with E-state index in [9.17, 15) is 9.90 Å². The molecule has 6 heteroatoms. The van der Waals surface area contributed by atoms with E-state index in [2.05, 4.69) is 4.90 Å². The average molecular weight is 341 g/mol. The highest BCUT2D eigenvalue weighted by molar-refractivity contribution is 6.30. The summed E-state index contributed by atoms with van der Waals surface area (Å²) in [5.41, 5.74) is 0.630. The van der Waals surface area contributed by atoms with E-state index >= 15 is 0 Å². The minimum atomic E-state index is -0.508. The van der Waals surface area contributed by atoms with Crippen LogP contribution in [0.3, 0.4) is 0 Å². The van der Waals surface area contributed by atoms with Gasteiger partial charge in [0.15, 0.2) is 0 Å². The van der Waals surface area contributed by atoms with Gasteiger partial charge in [-0.3, -0.25) is 4.90 Å². The highest BCUT2D eigenvalue weighted by atomic mass is 35.5. The zero-order chi connectivity index (χ0) is 17.0. The summed E-state index contributed by atoms with van der Waals surface area (Å²) in [6.07, 6.45) is -0.318. The monoisotopic (exact) mass is 340 g/mol. The van der Waals surface area contributed by atoms with Crippen LogP contribution in [0.4, 0.5) is 4.79 Å². The molecule has 0 aromatic heterocycles. The molecule has 0 spiro atoms. The molecule has 0 radical (unpaired) electrons. The summed E-state index contributed by atoms with van der Waals surface area (Å²) >= 11 is 5.91. The largest absolute Gasteiger partial charge is 0.444 e. The fourth-order valence-electron chi connectivity index (χ4n) is 2.59. The summed E-state index contributed by atoms with van der Waals surface area (Å²) in [7, 11) is 0. The molecule has 0 saturated carbocycles. The molecule has 1 heterocycles. The van der Waals surface area contributed by atoms with Gasteiger partial charge >= 0.3 is 6.09 Å². The van der Waals surface area contributed by atoms with E-state index in [-0.39, 0.29) is 18.7 Å². The fraction of sp³-hybridized carbons (Fsp3) is 0.588. The van der Waals surface area contributed by atoms with Crippen LogP contribution in [0.15, 0.2) is 24.3 Å². The summed E-state index contributed by atoms with van der Waals surface area (Å²) in [5, 5.41) is 10.4. The van der Waals surface area contributed by atoms with Gasteiger partial charge in [0.1, 0.15) is 5.60 Å². The average Bonchev–Trinajstić information content (AvgIpc) is 2.48. The highest BCUT2D eigenvalue weighted by Gasteiger charge is 2.31. The maximum absolute atomic E-state index is 12.2. The number of aliphatic hydroxyl groups is 1. The van der Waals surface area contributed by atoms with Gasteiger partial charge in [-0.15, -0.1) is 0 Å². The van der Waals surface area contributed by atoms with E-state index < -0.39 is 5.60 Å². The number of nitrogens with zero attached hydrogens (tertiary/aromatic N) is 2. The number of carbonyl (C=O) groups excluding carboxylic acids is 1. The predicted octanol–water partition coefficient (Wildman–Crippen LogP) is 2.75. The maximum atomic E-state index is 12.2. The van der Waals surface area contributed by atoms with Crippen LogP contribution in [0.25, 0.3) is 0 Å². The third-order valence-electron chi connectivity index (χ3n) is 3.77. The van der Waals surface area contributed by atoms with Gasteiger partial charge in [0.2, 0.25) is 0 Å². The van der Waals surface area contributed by atoms with Crippen molar-refractivity contribution in [2.75, 3.05) is 26.2 Å². The number of aliphatic hydroxyl groups excluding tert-OH is 1. The number of hydrogen-bond donors (Lipinski definition) is 1. The van der Waals surface area contributed by atoms with Crippen LogP contribution in [0.5, 0.6) is 0 Å². The van der Waals surface area contributed by atoms with Gasteiger partial charge in [-0.2, -0.15) is 0 Å². The first-order chi connectivity index (χ1) is 10.8. The summed E-state index contributed by atoms with van der Waals surface area (Å²) in [4.78, 5) is 16.0. The van der Waals surface area contributed by atoms with E-state index in [0.29, 0.717) is 24.7 Å². The van der Waals surface area contributed by atoms with Crippen LogP contribution in [0, 0.1) is 0 Å². The molecule has 2 rings (SSSR count). The van der Waals surface area contributed by atoms with Crippen LogP contribution in [-0.4, -0.2) is 58.9 Å². The molecule has 1 atom stereocenters. The summed E-state index contributed by atoms with van der Waals surface area (Å²) < 4.78 is 5.41. The predicted molar refractivity (Wildman–Crippen MR) is 90.5 cm³/mol. The summed E-state index contributed by atoms with van der Waals surface area (Å²) in [6.45, 7) is 8.06. The van der Waals surface area contributed by atoms with Gasteiger partial charge in [0, 0.05) is 31.2 Å². The Bertz CT molecular complexity index is 528. The Morgan fingerprint density at radius 1 is 1.30 bits per heavy atom. The Labute approximate surface area is 142 Å². The molecule has 1 saturated heterocycles. The molecule has 128 valence electrons. The SMILES string of the molecule is CC(C)(C)OC(=O)N1CCN(Cc2ccc(Cl)cc2)[C@@H](CO)C1. The van der Waals surface area contributed by atoms with Crippen molar-refractivity contribution < 1.29 is 14.6 Å². The second kappa shape index (κ2) is 7.51. The number of halogens is 1. The van der Waals surface area contributed by atoms with E-state index in [1.54, 1.807) is 4.90 Å².